The number of benzene rings is 1. The highest BCUT2D eigenvalue weighted by atomic mass is 127. The van der Waals surface area contributed by atoms with E-state index < -0.39 is 0 Å². The minimum Gasteiger partial charge on any atom is -0.355 e. The molecule has 124 valence electrons. The summed E-state index contributed by atoms with van der Waals surface area (Å²) in [7, 11) is 4.03. The van der Waals surface area contributed by atoms with Crippen molar-refractivity contribution in [2.75, 3.05) is 20.6 Å². The van der Waals surface area contributed by atoms with E-state index in [0.29, 0.717) is 6.04 Å². The first-order valence-electron chi connectivity index (χ1n) is 7.82. The maximum absolute atomic E-state index is 4.29. The van der Waals surface area contributed by atoms with Gasteiger partial charge in [0.1, 0.15) is 0 Å². The summed E-state index contributed by atoms with van der Waals surface area (Å²) < 4.78 is 0. The van der Waals surface area contributed by atoms with Gasteiger partial charge in [0.2, 0.25) is 0 Å². The van der Waals surface area contributed by atoms with Crippen molar-refractivity contribution in [3.63, 3.8) is 0 Å². The maximum atomic E-state index is 4.29. The zero-order valence-corrected chi connectivity index (χ0v) is 16.4. The van der Waals surface area contributed by atoms with Crippen molar-refractivity contribution in [1.29, 1.82) is 0 Å². The average molecular weight is 416 g/mol. The molecule has 0 aliphatic heterocycles. The van der Waals surface area contributed by atoms with Gasteiger partial charge in [-0.25, -0.2) is 0 Å². The molecule has 1 saturated carbocycles. The Kier molecular flexibility index (Phi) is 8.17. The van der Waals surface area contributed by atoms with Gasteiger partial charge in [-0.1, -0.05) is 29.8 Å². The summed E-state index contributed by atoms with van der Waals surface area (Å²) in [4.78, 5) is 6.75. The zero-order chi connectivity index (χ0) is 15.2. The Morgan fingerprint density at radius 2 is 1.91 bits per heavy atom. The number of hydrogen-bond donors (Lipinski definition) is 2. The highest BCUT2D eigenvalue weighted by molar-refractivity contribution is 14.0. The first-order chi connectivity index (χ1) is 10.1. The maximum Gasteiger partial charge on any atom is 0.191 e. The average Bonchev–Trinajstić information content (AvgIpc) is 3.32. The number of nitrogens with one attached hydrogen (secondary N) is 2. The third kappa shape index (κ3) is 6.12. The molecule has 1 aromatic rings. The van der Waals surface area contributed by atoms with Gasteiger partial charge in [-0.3, -0.25) is 9.89 Å². The summed E-state index contributed by atoms with van der Waals surface area (Å²) in [5, 5.41) is 6.78. The van der Waals surface area contributed by atoms with Crippen LogP contribution in [-0.2, 0) is 6.54 Å². The Hall–Kier alpha value is -0.820. The molecule has 1 fully saturated rings. The number of likely N-dealkylation sites (N-methyl/N-ethyl adjacent to an activating group) is 1. The molecule has 0 amide bonds. The molecular weight excluding hydrogens is 387 g/mol. The van der Waals surface area contributed by atoms with Crippen LogP contribution in [0.3, 0.4) is 0 Å². The normalized spacial score (nSPS) is 16.1. The van der Waals surface area contributed by atoms with Crippen LogP contribution in [0.4, 0.5) is 0 Å². The standard InChI is InChI=1S/C17H28N4.HI/c1-13-5-7-15(8-6-13)12-20-17(18-3)19-11-14(2)21(4)16-9-10-16;/h5-8,14,16H,9-12H2,1-4H3,(H2,18,19,20);1H. The van der Waals surface area contributed by atoms with Crippen molar-refractivity contribution >= 4 is 29.9 Å². The molecule has 0 heterocycles. The molecule has 1 aromatic carbocycles. The Balaban J connectivity index is 0.00000242. The summed E-state index contributed by atoms with van der Waals surface area (Å²) >= 11 is 0. The lowest BCUT2D eigenvalue weighted by molar-refractivity contribution is 0.247. The molecule has 2 N–H and O–H groups in total. The SMILES string of the molecule is CN=C(NCc1ccc(C)cc1)NCC(C)N(C)C1CC1.I. The number of hydrogen-bond acceptors (Lipinski definition) is 2. The van der Waals surface area contributed by atoms with E-state index in [9.17, 15) is 0 Å². The van der Waals surface area contributed by atoms with Gasteiger partial charge in [0.05, 0.1) is 0 Å². The van der Waals surface area contributed by atoms with E-state index in [2.05, 4.69) is 65.7 Å². The largest absolute Gasteiger partial charge is 0.355 e. The van der Waals surface area contributed by atoms with Crippen molar-refractivity contribution in [1.82, 2.24) is 15.5 Å². The third-order valence-corrected chi connectivity index (χ3v) is 4.19. The fraction of sp³-hybridized carbons (Fsp3) is 0.588. The monoisotopic (exact) mass is 416 g/mol. The van der Waals surface area contributed by atoms with Crippen LogP contribution in [-0.4, -0.2) is 43.6 Å². The lowest BCUT2D eigenvalue weighted by atomic mass is 10.1. The van der Waals surface area contributed by atoms with Crippen LogP contribution in [0.5, 0.6) is 0 Å². The summed E-state index contributed by atoms with van der Waals surface area (Å²) in [6, 6.07) is 9.90. The van der Waals surface area contributed by atoms with Crippen LogP contribution >= 0.6 is 24.0 Å². The fourth-order valence-electron chi connectivity index (χ4n) is 2.34. The molecule has 1 atom stereocenters. The molecule has 1 aliphatic carbocycles. The van der Waals surface area contributed by atoms with Crippen LogP contribution in [0.15, 0.2) is 29.3 Å². The van der Waals surface area contributed by atoms with Crippen LogP contribution in [0.25, 0.3) is 0 Å². The third-order valence-electron chi connectivity index (χ3n) is 4.19. The van der Waals surface area contributed by atoms with Gasteiger partial charge in [0.25, 0.3) is 0 Å². The van der Waals surface area contributed by atoms with Crippen molar-refractivity contribution in [3.05, 3.63) is 35.4 Å². The predicted molar refractivity (Wildman–Crippen MR) is 105 cm³/mol. The second-order valence-electron chi connectivity index (χ2n) is 6.04. The number of nitrogens with zero attached hydrogens (tertiary/aromatic N) is 2. The number of aliphatic imine (C=N–C) groups is 1. The minimum absolute atomic E-state index is 0. The Bertz CT molecular complexity index is 468. The van der Waals surface area contributed by atoms with E-state index in [1.165, 1.54) is 24.0 Å². The molecule has 4 nitrogen and oxygen atoms in total. The topological polar surface area (TPSA) is 39.7 Å². The molecule has 2 rings (SSSR count). The Morgan fingerprint density at radius 1 is 1.27 bits per heavy atom. The molecule has 0 spiro atoms. The van der Waals surface area contributed by atoms with Crippen molar-refractivity contribution in [2.45, 2.75) is 45.3 Å². The van der Waals surface area contributed by atoms with E-state index in [0.717, 1.165) is 25.1 Å². The first kappa shape index (κ1) is 19.2. The second kappa shape index (κ2) is 9.35. The molecule has 0 radical (unpaired) electrons. The van der Waals surface area contributed by atoms with Gasteiger partial charge in [-0.15, -0.1) is 24.0 Å². The van der Waals surface area contributed by atoms with E-state index in [1.54, 1.807) is 0 Å². The molecule has 0 saturated heterocycles. The number of aryl methyl sites for hydroxylation is 1. The molecular formula is C17H29IN4. The molecule has 0 bridgehead atoms. The summed E-state index contributed by atoms with van der Waals surface area (Å²) in [5.41, 5.74) is 2.56. The lowest BCUT2D eigenvalue weighted by Gasteiger charge is -2.25. The predicted octanol–water partition coefficient (Wildman–Crippen LogP) is 2.76. The summed E-state index contributed by atoms with van der Waals surface area (Å²) in [6.45, 7) is 6.08. The summed E-state index contributed by atoms with van der Waals surface area (Å²) in [6.07, 6.45) is 2.70. The van der Waals surface area contributed by atoms with Gasteiger partial charge >= 0.3 is 0 Å². The van der Waals surface area contributed by atoms with Crippen molar-refractivity contribution in [2.24, 2.45) is 4.99 Å². The number of rotatable bonds is 6. The van der Waals surface area contributed by atoms with Gasteiger partial charge in [-0.2, -0.15) is 0 Å². The van der Waals surface area contributed by atoms with Crippen molar-refractivity contribution < 1.29 is 0 Å². The Labute approximate surface area is 151 Å². The van der Waals surface area contributed by atoms with E-state index in [-0.39, 0.29) is 24.0 Å². The van der Waals surface area contributed by atoms with Crippen LogP contribution < -0.4 is 10.6 Å². The smallest absolute Gasteiger partial charge is 0.191 e. The molecule has 1 unspecified atom stereocenters. The van der Waals surface area contributed by atoms with Crippen molar-refractivity contribution in [3.8, 4) is 0 Å². The molecule has 1 aliphatic rings. The van der Waals surface area contributed by atoms with Gasteiger partial charge in [0.15, 0.2) is 5.96 Å². The highest BCUT2D eigenvalue weighted by Gasteiger charge is 2.28. The quantitative estimate of drug-likeness (QED) is 0.426. The molecule has 22 heavy (non-hydrogen) atoms. The second-order valence-corrected chi connectivity index (χ2v) is 6.04. The zero-order valence-electron chi connectivity index (χ0n) is 14.1. The van der Waals surface area contributed by atoms with Crippen LogP contribution in [0.2, 0.25) is 0 Å². The Morgan fingerprint density at radius 3 is 2.45 bits per heavy atom. The van der Waals surface area contributed by atoms with E-state index in [1.807, 2.05) is 7.05 Å². The lowest BCUT2D eigenvalue weighted by Crippen LogP contribution is -2.45. The fourth-order valence-corrected chi connectivity index (χ4v) is 2.34. The first-order valence-corrected chi connectivity index (χ1v) is 7.82. The van der Waals surface area contributed by atoms with Gasteiger partial charge in [-0.05, 0) is 39.3 Å². The highest BCUT2D eigenvalue weighted by Crippen LogP contribution is 2.26. The number of guanidine groups is 1. The van der Waals surface area contributed by atoms with E-state index in [4.69, 9.17) is 0 Å². The van der Waals surface area contributed by atoms with Crippen LogP contribution in [0.1, 0.15) is 30.9 Å². The molecule has 5 heteroatoms. The van der Waals surface area contributed by atoms with Crippen LogP contribution in [0, 0.1) is 6.92 Å². The summed E-state index contributed by atoms with van der Waals surface area (Å²) in [5.74, 6) is 0.867. The van der Waals surface area contributed by atoms with Gasteiger partial charge in [0, 0.05) is 32.2 Å². The van der Waals surface area contributed by atoms with E-state index >= 15 is 0 Å². The molecule has 0 aromatic heterocycles. The number of halogens is 1. The minimum atomic E-state index is 0. The van der Waals surface area contributed by atoms with Gasteiger partial charge < -0.3 is 10.6 Å².